The summed E-state index contributed by atoms with van der Waals surface area (Å²) in [4.78, 5) is 25.7. The molecule has 11 unspecified atom stereocenters. The number of hydrogen-bond donors (Lipinski definition) is 2. The standard InChI is InChI=1S/C29H40O9/c1-16-11-19-14-35-27(33)26(32)17(2)9-10-34-20(18(3)30)7-5-6-8-24(31)38-22-13-23-29(15-36-29)28(22,4)25(19)21(12-16)37-23/h5-8,12,17-23,25-26,30,32H,9-11,13-15H2,1-4H3. The Hall–Kier alpha value is -2.04. The topological polar surface area (TPSA) is 124 Å². The number of carbonyl (C=O) groups is 2. The van der Waals surface area contributed by atoms with Gasteiger partial charge in [0.1, 0.15) is 17.8 Å². The van der Waals surface area contributed by atoms with Gasteiger partial charge >= 0.3 is 11.9 Å². The van der Waals surface area contributed by atoms with Gasteiger partial charge in [0.05, 0.1) is 31.5 Å². The van der Waals surface area contributed by atoms with Crippen LogP contribution in [0.15, 0.2) is 36.0 Å². The van der Waals surface area contributed by atoms with Gasteiger partial charge in [-0.05, 0) is 32.6 Å². The smallest absolute Gasteiger partial charge is 0.335 e. The minimum absolute atomic E-state index is 0.0847. The summed E-state index contributed by atoms with van der Waals surface area (Å²) in [6.07, 6.45) is 6.54. The Morgan fingerprint density at radius 2 is 1.95 bits per heavy atom. The molecule has 2 bridgehead atoms. The van der Waals surface area contributed by atoms with Gasteiger partial charge < -0.3 is 33.9 Å². The number of rotatable bonds is 1. The van der Waals surface area contributed by atoms with Gasteiger partial charge in [-0.15, -0.1) is 0 Å². The van der Waals surface area contributed by atoms with Crippen LogP contribution in [0.1, 0.15) is 47.0 Å². The van der Waals surface area contributed by atoms with Crippen molar-refractivity contribution in [2.45, 2.75) is 89.2 Å². The number of cyclic esters (lactones) is 1. The van der Waals surface area contributed by atoms with E-state index in [0.717, 1.165) is 5.57 Å². The third kappa shape index (κ3) is 4.77. The molecular formula is C29H40O9. The highest BCUT2D eigenvalue weighted by molar-refractivity contribution is 5.82. The molecule has 1 spiro atoms. The van der Waals surface area contributed by atoms with Crippen molar-refractivity contribution < 1.29 is 43.5 Å². The van der Waals surface area contributed by atoms with E-state index in [1.165, 1.54) is 6.08 Å². The van der Waals surface area contributed by atoms with Gasteiger partial charge in [-0.3, -0.25) is 0 Å². The van der Waals surface area contributed by atoms with Crippen LogP contribution >= 0.6 is 0 Å². The quantitative estimate of drug-likeness (QED) is 0.297. The van der Waals surface area contributed by atoms with E-state index in [1.807, 2.05) is 6.92 Å². The predicted molar refractivity (Wildman–Crippen MR) is 136 cm³/mol. The third-order valence-corrected chi connectivity index (χ3v) is 9.37. The summed E-state index contributed by atoms with van der Waals surface area (Å²) < 4.78 is 30.2. The maximum atomic E-state index is 12.9. The first-order valence-corrected chi connectivity index (χ1v) is 13.7. The van der Waals surface area contributed by atoms with Crippen LogP contribution in [0.25, 0.3) is 0 Å². The summed E-state index contributed by atoms with van der Waals surface area (Å²) in [5.74, 6) is -1.71. The lowest BCUT2D eigenvalue weighted by Gasteiger charge is -2.52. The Kier molecular flexibility index (Phi) is 7.61. The van der Waals surface area contributed by atoms with Crippen molar-refractivity contribution in [1.82, 2.24) is 0 Å². The van der Waals surface area contributed by atoms with Gasteiger partial charge in [0.15, 0.2) is 6.10 Å². The second kappa shape index (κ2) is 10.5. The van der Waals surface area contributed by atoms with Crippen molar-refractivity contribution in [2.75, 3.05) is 19.8 Å². The lowest BCUT2D eigenvalue weighted by Crippen LogP contribution is -2.60. The van der Waals surface area contributed by atoms with Gasteiger partial charge in [0, 0.05) is 36.4 Å². The minimum atomic E-state index is -1.29. The average molecular weight is 533 g/mol. The highest BCUT2D eigenvalue weighted by Gasteiger charge is 2.79. The highest BCUT2D eigenvalue weighted by Crippen LogP contribution is 2.68. The van der Waals surface area contributed by atoms with Crippen molar-refractivity contribution in [3.8, 4) is 0 Å². The molecule has 210 valence electrons. The van der Waals surface area contributed by atoms with Gasteiger partial charge in [0.25, 0.3) is 0 Å². The first kappa shape index (κ1) is 27.5. The molecule has 3 aliphatic heterocycles. The molecule has 11 atom stereocenters. The van der Waals surface area contributed by atoms with Crippen LogP contribution in [0.2, 0.25) is 0 Å². The van der Waals surface area contributed by atoms with Crippen LogP contribution in [-0.4, -0.2) is 84.2 Å². The predicted octanol–water partition coefficient (Wildman–Crippen LogP) is 2.25. The number of allylic oxidation sites excluding steroid dienone is 3. The summed E-state index contributed by atoms with van der Waals surface area (Å²) in [6.45, 7) is 8.44. The molecule has 0 amide bonds. The average Bonchev–Trinajstić information content (AvgIpc) is 3.65. The van der Waals surface area contributed by atoms with Crippen molar-refractivity contribution in [3.63, 3.8) is 0 Å². The number of carbonyl (C=O) groups excluding carboxylic acids is 2. The molecule has 9 nitrogen and oxygen atoms in total. The Bertz CT molecular complexity index is 1010. The van der Waals surface area contributed by atoms with Crippen molar-refractivity contribution in [1.29, 1.82) is 0 Å². The molecule has 3 heterocycles. The van der Waals surface area contributed by atoms with Crippen molar-refractivity contribution in [3.05, 3.63) is 36.0 Å². The lowest BCUT2D eigenvalue weighted by atomic mass is 9.57. The first-order valence-electron chi connectivity index (χ1n) is 13.7. The van der Waals surface area contributed by atoms with Gasteiger partial charge in [-0.1, -0.05) is 43.7 Å². The van der Waals surface area contributed by atoms with Crippen LogP contribution in [0.5, 0.6) is 0 Å². The largest absolute Gasteiger partial charge is 0.463 e. The molecule has 1 saturated carbocycles. The number of aliphatic hydroxyl groups excluding tert-OH is 2. The van der Waals surface area contributed by atoms with Crippen LogP contribution < -0.4 is 0 Å². The Morgan fingerprint density at radius 3 is 2.66 bits per heavy atom. The van der Waals surface area contributed by atoms with E-state index in [9.17, 15) is 19.8 Å². The maximum absolute atomic E-state index is 12.9. The first-order chi connectivity index (χ1) is 18.1. The summed E-state index contributed by atoms with van der Waals surface area (Å²) in [7, 11) is 0. The fourth-order valence-corrected chi connectivity index (χ4v) is 7.12. The fraction of sp³-hybridized carbons (Fsp3) is 0.724. The fourth-order valence-electron chi connectivity index (χ4n) is 7.12. The SMILES string of the molecule is CC1=CC2OC3CC4OC(=O)C=CC=CC(C(C)O)OCCC(C)C(O)C(=O)OCC(C1)C2C4(C)C31CO1. The van der Waals surface area contributed by atoms with E-state index in [0.29, 0.717) is 25.9 Å². The second-order valence-electron chi connectivity index (χ2n) is 11.9. The molecular weight excluding hydrogens is 492 g/mol. The number of esters is 2. The second-order valence-corrected chi connectivity index (χ2v) is 11.9. The number of epoxide rings is 1. The van der Waals surface area contributed by atoms with Crippen LogP contribution in [0, 0.1) is 23.2 Å². The highest BCUT2D eigenvalue weighted by atomic mass is 16.6. The Balaban J connectivity index is 1.45. The normalized spacial score (nSPS) is 46.3. The molecule has 38 heavy (non-hydrogen) atoms. The third-order valence-electron chi connectivity index (χ3n) is 9.37. The number of aliphatic hydroxyl groups is 2. The summed E-state index contributed by atoms with van der Waals surface area (Å²) in [6, 6.07) is 0. The van der Waals surface area contributed by atoms with E-state index in [2.05, 4.69) is 13.0 Å². The summed E-state index contributed by atoms with van der Waals surface area (Å²) in [5.41, 5.74) is 0.0933. The zero-order valence-corrected chi connectivity index (χ0v) is 22.6. The van der Waals surface area contributed by atoms with Crippen molar-refractivity contribution >= 4 is 11.9 Å². The number of ether oxygens (including phenoxy) is 5. The van der Waals surface area contributed by atoms with Crippen LogP contribution in [0.4, 0.5) is 0 Å². The van der Waals surface area contributed by atoms with E-state index < -0.39 is 53.3 Å². The Labute approximate surface area is 223 Å². The van der Waals surface area contributed by atoms with Crippen LogP contribution in [-0.2, 0) is 33.3 Å². The summed E-state index contributed by atoms with van der Waals surface area (Å²) >= 11 is 0. The minimum Gasteiger partial charge on any atom is -0.463 e. The molecule has 2 N–H and O–H groups in total. The number of hydrogen-bond acceptors (Lipinski definition) is 9. The Morgan fingerprint density at radius 1 is 1.18 bits per heavy atom. The molecule has 0 aromatic rings. The van der Waals surface area contributed by atoms with E-state index in [-0.39, 0.29) is 37.3 Å². The van der Waals surface area contributed by atoms with Crippen LogP contribution in [0.3, 0.4) is 0 Å². The molecule has 9 heteroatoms. The molecule has 3 fully saturated rings. The molecule has 5 rings (SSSR count). The molecule has 2 saturated heterocycles. The van der Waals surface area contributed by atoms with E-state index in [1.54, 1.807) is 32.1 Å². The van der Waals surface area contributed by atoms with Crippen molar-refractivity contribution in [2.24, 2.45) is 23.2 Å². The monoisotopic (exact) mass is 532 g/mol. The zero-order valence-electron chi connectivity index (χ0n) is 22.6. The zero-order chi connectivity index (χ0) is 27.2. The summed E-state index contributed by atoms with van der Waals surface area (Å²) in [5, 5.41) is 20.7. The molecule has 5 aliphatic rings. The van der Waals surface area contributed by atoms with Gasteiger partial charge in [0.2, 0.25) is 0 Å². The van der Waals surface area contributed by atoms with E-state index in [4.69, 9.17) is 23.7 Å². The van der Waals surface area contributed by atoms with Gasteiger partial charge in [-0.2, -0.15) is 0 Å². The lowest BCUT2D eigenvalue weighted by molar-refractivity contribution is -0.189. The molecule has 0 aromatic heterocycles. The molecule has 0 aromatic carbocycles. The van der Waals surface area contributed by atoms with E-state index >= 15 is 0 Å². The maximum Gasteiger partial charge on any atom is 0.335 e. The molecule has 2 aliphatic carbocycles. The van der Waals surface area contributed by atoms with Gasteiger partial charge in [-0.25, -0.2) is 9.59 Å². The molecule has 0 radical (unpaired) electrons.